The molecule has 1 aliphatic rings. The molecule has 0 saturated carbocycles. The first kappa shape index (κ1) is 20.2. The van der Waals surface area contributed by atoms with Crippen LogP contribution in [0.5, 0.6) is 0 Å². The van der Waals surface area contributed by atoms with Crippen LogP contribution in [-0.4, -0.2) is 32.6 Å². The van der Waals surface area contributed by atoms with E-state index in [1.807, 2.05) is 48.5 Å². The van der Waals surface area contributed by atoms with E-state index in [1.165, 1.54) is 23.1 Å². The van der Waals surface area contributed by atoms with Crippen LogP contribution in [-0.2, 0) is 4.79 Å². The highest BCUT2D eigenvalue weighted by Gasteiger charge is 2.33. The number of nitrogen functional groups attached to an aromatic ring is 1. The molecule has 2 aromatic carbocycles. The Morgan fingerprint density at radius 3 is 2.38 bits per heavy atom. The topological polar surface area (TPSA) is 84.5 Å². The molecule has 0 saturated heterocycles. The van der Waals surface area contributed by atoms with E-state index >= 15 is 0 Å². The smallest absolute Gasteiger partial charge is 0.253 e. The van der Waals surface area contributed by atoms with Crippen molar-refractivity contribution in [2.24, 2.45) is 5.10 Å². The van der Waals surface area contributed by atoms with Crippen molar-refractivity contribution in [1.82, 2.24) is 15.2 Å². The third kappa shape index (κ3) is 4.72. The van der Waals surface area contributed by atoms with Crippen LogP contribution in [0.4, 0.5) is 5.13 Å². The Kier molecular flexibility index (Phi) is 6.05. The highest BCUT2D eigenvalue weighted by atomic mass is 35.5. The second-order valence-electron chi connectivity index (χ2n) is 6.26. The van der Waals surface area contributed by atoms with E-state index in [-0.39, 0.29) is 17.7 Å². The summed E-state index contributed by atoms with van der Waals surface area (Å²) >= 11 is 14.6. The predicted molar refractivity (Wildman–Crippen MR) is 119 cm³/mol. The number of anilines is 1. The van der Waals surface area contributed by atoms with Crippen molar-refractivity contribution in [1.29, 1.82) is 0 Å². The summed E-state index contributed by atoms with van der Waals surface area (Å²) in [5.41, 5.74) is 8.35. The second kappa shape index (κ2) is 8.71. The van der Waals surface area contributed by atoms with Gasteiger partial charge in [0.15, 0.2) is 4.34 Å². The van der Waals surface area contributed by atoms with Gasteiger partial charge in [0, 0.05) is 16.5 Å². The van der Waals surface area contributed by atoms with Gasteiger partial charge in [0.2, 0.25) is 5.13 Å². The summed E-state index contributed by atoms with van der Waals surface area (Å²) < 4.78 is 0.653. The number of benzene rings is 2. The van der Waals surface area contributed by atoms with Crippen molar-refractivity contribution < 1.29 is 4.79 Å². The number of carbonyl (C=O) groups excluding carboxylic acids is 1. The lowest BCUT2D eigenvalue weighted by Gasteiger charge is -2.21. The van der Waals surface area contributed by atoms with Crippen LogP contribution in [0.3, 0.4) is 0 Å². The molecule has 2 heterocycles. The van der Waals surface area contributed by atoms with Crippen LogP contribution < -0.4 is 5.73 Å². The monoisotopic (exact) mass is 463 g/mol. The molecule has 10 heteroatoms. The molecule has 2 N–H and O–H groups in total. The highest BCUT2D eigenvalue weighted by molar-refractivity contribution is 8.01. The number of amides is 1. The standard InChI is InChI=1S/C19H15Cl2N5OS2/c20-13-5-1-11(2-6-13)15-9-16(12-3-7-14(21)8-4-12)26(25-15)17(27)10-28-19-24-23-18(22)29-19/h1-8,16H,9-10H2,(H2,22,23). The van der Waals surface area contributed by atoms with E-state index in [0.717, 1.165) is 16.8 Å². The Hall–Kier alpha value is -2.13. The molecular formula is C19H15Cl2N5OS2. The largest absolute Gasteiger partial charge is 0.374 e. The minimum atomic E-state index is -0.203. The molecule has 1 aliphatic heterocycles. The van der Waals surface area contributed by atoms with Crippen molar-refractivity contribution in [3.05, 3.63) is 69.7 Å². The molecule has 0 bridgehead atoms. The molecule has 1 amide bonds. The molecule has 1 aromatic heterocycles. The zero-order valence-corrected chi connectivity index (χ0v) is 18.1. The Labute approximate surface area is 185 Å². The van der Waals surface area contributed by atoms with E-state index in [4.69, 9.17) is 28.9 Å². The fraction of sp³-hybridized carbons (Fsp3) is 0.158. The number of hydrogen-bond donors (Lipinski definition) is 1. The molecule has 6 nitrogen and oxygen atoms in total. The van der Waals surface area contributed by atoms with E-state index in [2.05, 4.69) is 15.3 Å². The summed E-state index contributed by atoms with van der Waals surface area (Å²) in [5, 5.41) is 15.6. The van der Waals surface area contributed by atoms with Gasteiger partial charge < -0.3 is 5.73 Å². The van der Waals surface area contributed by atoms with Gasteiger partial charge in [0.1, 0.15) is 0 Å². The quantitative estimate of drug-likeness (QED) is 0.543. The van der Waals surface area contributed by atoms with Gasteiger partial charge in [-0.3, -0.25) is 4.79 Å². The summed E-state index contributed by atoms with van der Waals surface area (Å²) in [7, 11) is 0. The number of thioether (sulfide) groups is 1. The Morgan fingerprint density at radius 2 is 1.76 bits per heavy atom. The maximum atomic E-state index is 13.0. The van der Waals surface area contributed by atoms with Gasteiger partial charge in [-0.2, -0.15) is 5.10 Å². The fourth-order valence-electron chi connectivity index (χ4n) is 2.97. The highest BCUT2D eigenvalue weighted by Crippen LogP contribution is 2.34. The fourth-order valence-corrected chi connectivity index (χ4v) is 4.71. The van der Waals surface area contributed by atoms with Crippen molar-refractivity contribution in [2.45, 2.75) is 16.8 Å². The van der Waals surface area contributed by atoms with E-state index < -0.39 is 0 Å². The van der Waals surface area contributed by atoms with Crippen molar-refractivity contribution in [3.63, 3.8) is 0 Å². The third-order valence-electron chi connectivity index (χ3n) is 4.34. The lowest BCUT2D eigenvalue weighted by molar-refractivity contribution is -0.130. The van der Waals surface area contributed by atoms with Gasteiger partial charge in [0.25, 0.3) is 5.91 Å². The first-order valence-corrected chi connectivity index (χ1v) is 11.2. The summed E-state index contributed by atoms with van der Waals surface area (Å²) in [6.07, 6.45) is 0.603. The minimum Gasteiger partial charge on any atom is -0.374 e. The maximum Gasteiger partial charge on any atom is 0.253 e. The number of hydrogen-bond acceptors (Lipinski definition) is 7. The minimum absolute atomic E-state index is 0.118. The van der Waals surface area contributed by atoms with Gasteiger partial charge in [0.05, 0.1) is 17.5 Å². The molecule has 1 unspecified atom stereocenters. The predicted octanol–water partition coefficient (Wildman–Crippen LogP) is 4.90. The first-order chi connectivity index (χ1) is 14.0. The number of nitrogens with two attached hydrogens (primary N) is 1. The molecule has 0 aliphatic carbocycles. The van der Waals surface area contributed by atoms with Crippen LogP contribution in [0.25, 0.3) is 0 Å². The SMILES string of the molecule is Nc1nnc(SCC(=O)N2N=C(c3ccc(Cl)cc3)CC2c2ccc(Cl)cc2)s1. The summed E-state index contributed by atoms with van der Waals surface area (Å²) in [6, 6.07) is 14.7. The van der Waals surface area contributed by atoms with Crippen LogP contribution in [0, 0.1) is 0 Å². The molecular weight excluding hydrogens is 449 g/mol. The Morgan fingerprint density at radius 1 is 1.10 bits per heavy atom. The normalized spacial score (nSPS) is 16.1. The number of aromatic nitrogens is 2. The van der Waals surface area contributed by atoms with Gasteiger partial charge in [-0.25, -0.2) is 5.01 Å². The lowest BCUT2D eigenvalue weighted by Crippen LogP contribution is -2.28. The molecule has 3 aromatic rings. The van der Waals surface area contributed by atoms with E-state index in [1.54, 1.807) is 5.01 Å². The van der Waals surface area contributed by atoms with E-state index in [9.17, 15) is 4.79 Å². The molecule has 1 atom stereocenters. The third-order valence-corrected chi connectivity index (χ3v) is 6.71. The number of hydrazone groups is 1. The van der Waals surface area contributed by atoms with Crippen LogP contribution in [0.15, 0.2) is 58.0 Å². The van der Waals surface area contributed by atoms with Crippen molar-refractivity contribution in [3.8, 4) is 0 Å². The van der Waals surface area contributed by atoms with Crippen molar-refractivity contribution >= 4 is 63.1 Å². The lowest BCUT2D eigenvalue weighted by atomic mass is 9.98. The molecule has 148 valence electrons. The van der Waals surface area contributed by atoms with Crippen molar-refractivity contribution in [2.75, 3.05) is 11.5 Å². The van der Waals surface area contributed by atoms with Gasteiger partial charge in [-0.05, 0) is 35.4 Å². The summed E-state index contributed by atoms with van der Waals surface area (Å²) in [6.45, 7) is 0. The average molecular weight is 464 g/mol. The zero-order chi connectivity index (χ0) is 20.4. The molecule has 0 spiro atoms. The second-order valence-corrected chi connectivity index (χ2v) is 9.36. The maximum absolute atomic E-state index is 13.0. The molecule has 29 heavy (non-hydrogen) atoms. The van der Waals surface area contributed by atoms with Gasteiger partial charge in [-0.15, -0.1) is 10.2 Å². The first-order valence-electron chi connectivity index (χ1n) is 8.62. The average Bonchev–Trinajstić information content (AvgIpc) is 3.34. The molecule has 4 rings (SSSR count). The number of nitrogens with zero attached hydrogens (tertiary/aromatic N) is 4. The van der Waals surface area contributed by atoms with Crippen LogP contribution >= 0.6 is 46.3 Å². The number of carbonyl (C=O) groups is 1. The number of halogens is 2. The van der Waals surface area contributed by atoms with Crippen LogP contribution in [0.1, 0.15) is 23.6 Å². The van der Waals surface area contributed by atoms with Gasteiger partial charge in [-0.1, -0.05) is 70.6 Å². The molecule has 0 radical (unpaired) electrons. The van der Waals surface area contributed by atoms with Gasteiger partial charge >= 0.3 is 0 Å². The zero-order valence-electron chi connectivity index (χ0n) is 15.0. The molecule has 0 fully saturated rings. The van der Waals surface area contributed by atoms with E-state index in [0.29, 0.717) is 25.9 Å². The van der Waals surface area contributed by atoms with Crippen LogP contribution in [0.2, 0.25) is 10.0 Å². The Balaban J connectivity index is 1.58. The Bertz CT molecular complexity index is 1050. The summed E-state index contributed by atoms with van der Waals surface area (Å²) in [4.78, 5) is 13.0. The number of rotatable bonds is 5. The summed E-state index contributed by atoms with van der Waals surface area (Å²) in [5.74, 6) is 0.0727.